The van der Waals surface area contributed by atoms with Gasteiger partial charge < -0.3 is 0 Å². The maximum atomic E-state index is 15.5. The van der Waals surface area contributed by atoms with Gasteiger partial charge in [-0.15, -0.1) is 0 Å². The van der Waals surface area contributed by atoms with Crippen molar-refractivity contribution in [2.45, 2.75) is 18.5 Å². The molecular weight excluding hydrogens is 1200 g/mol. The third kappa shape index (κ3) is 12.2. The molecule has 0 saturated carbocycles. The lowest BCUT2D eigenvalue weighted by Gasteiger charge is -2.16. The third-order valence-electron chi connectivity index (χ3n) is 15.4. The molecule has 0 bridgehead atoms. The predicted octanol–water partition coefficient (Wildman–Crippen LogP) is 18.3. The van der Waals surface area contributed by atoms with Crippen molar-refractivity contribution >= 4 is 0 Å². The molecule has 14 aromatic rings. The Balaban J connectivity index is 0.812. The first-order valence-electron chi connectivity index (χ1n) is 28.7. The van der Waals surface area contributed by atoms with E-state index in [9.17, 15) is 26.3 Å². The standard InChI is InChI=1S/C72H43F9N12/c73-70(74,75)61-27-3-1-25-58(61)45-13-5-16-48(35-45)64-85-65(49-17-6-14-46(36-49)59-26-2-4-28-62(59)71(76,77)78)87-66(86-64)50-18-7-15-47(37-50)60-30-29-44(41-63(60)72(79,80)81)54-42-84-93(43-54)57-24-10-21-53(40-57)69-89-67(51-19-8-22-55(38-51)91-33-11-31-82-91)88-68(90-69)52-20-9-23-56(39-52)92-34-12-32-83-92/h1-43H. The first-order chi connectivity index (χ1) is 44.9. The molecule has 0 atom stereocenters. The first-order valence-corrected chi connectivity index (χ1v) is 28.7. The molecule has 0 fully saturated rings. The van der Waals surface area contributed by atoms with E-state index < -0.39 is 35.2 Å². The molecule has 0 radical (unpaired) electrons. The first kappa shape index (κ1) is 58.7. The van der Waals surface area contributed by atoms with E-state index in [-0.39, 0.29) is 73.1 Å². The highest BCUT2D eigenvalue weighted by Crippen LogP contribution is 2.43. The summed E-state index contributed by atoms with van der Waals surface area (Å²) < 4.78 is 138. The molecule has 93 heavy (non-hydrogen) atoms. The zero-order valence-corrected chi connectivity index (χ0v) is 48.1. The summed E-state index contributed by atoms with van der Waals surface area (Å²) in [7, 11) is 0. The minimum absolute atomic E-state index is 0.0397. The van der Waals surface area contributed by atoms with Crippen LogP contribution in [-0.4, -0.2) is 59.2 Å². The lowest BCUT2D eigenvalue weighted by atomic mass is 9.94. The van der Waals surface area contributed by atoms with Gasteiger partial charge in [-0.3, -0.25) is 0 Å². The second kappa shape index (κ2) is 23.7. The highest BCUT2D eigenvalue weighted by molar-refractivity contribution is 5.80. The molecule has 0 unspecified atom stereocenters. The Morgan fingerprint density at radius 3 is 0.946 bits per heavy atom. The number of benzene rings is 9. The molecule has 5 heterocycles. The van der Waals surface area contributed by atoms with Crippen LogP contribution in [-0.2, 0) is 18.5 Å². The van der Waals surface area contributed by atoms with E-state index in [1.807, 2.05) is 85.2 Å². The number of halogens is 9. The van der Waals surface area contributed by atoms with E-state index in [1.54, 1.807) is 69.0 Å². The molecule has 5 aromatic heterocycles. The van der Waals surface area contributed by atoms with Gasteiger partial charge in [0.25, 0.3) is 0 Å². The van der Waals surface area contributed by atoms with Crippen LogP contribution in [0.15, 0.2) is 262 Å². The Hall–Kier alpha value is -12.0. The van der Waals surface area contributed by atoms with Crippen molar-refractivity contribution in [2.24, 2.45) is 0 Å². The van der Waals surface area contributed by atoms with Crippen molar-refractivity contribution in [1.82, 2.24) is 59.2 Å². The minimum atomic E-state index is -4.88. The van der Waals surface area contributed by atoms with Gasteiger partial charge in [0.2, 0.25) is 0 Å². The van der Waals surface area contributed by atoms with Gasteiger partial charge >= 0.3 is 18.5 Å². The maximum absolute atomic E-state index is 15.5. The van der Waals surface area contributed by atoms with Gasteiger partial charge in [0.15, 0.2) is 34.9 Å². The predicted molar refractivity (Wildman–Crippen MR) is 334 cm³/mol. The van der Waals surface area contributed by atoms with Gasteiger partial charge in [-0.1, -0.05) is 140 Å². The zero-order chi connectivity index (χ0) is 64.0. The van der Waals surface area contributed by atoms with Gasteiger partial charge in [0, 0.05) is 69.9 Å². The van der Waals surface area contributed by atoms with Crippen molar-refractivity contribution in [3.8, 4) is 130 Å². The number of nitrogens with zero attached hydrogens (tertiary/aromatic N) is 12. The van der Waals surface area contributed by atoms with Crippen molar-refractivity contribution in [2.75, 3.05) is 0 Å². The van der Waals surface area contributed by atoms with Gasteiger partial charge in [0.1, 0.15) is 0 Å². The van der Waals surface area contributed by atoms with Gasteiger partial charge in [-0.2, -0.15) is 54.8 Å². The smallest absolute Gasteiger partial charge is 0.241 e. The van der Waals surface area contributed by atoms with Crippen LogP contribution in [0.3, 0.4) is 0 Å². The molecule has 0 aliphatic carbocycles. The van der Waals surface area contributed by atoms with E-state index in [0.717, 1.165) is 29.6 Å². The number of hydrogen-bond acceptors (Lipinski definition) is 9. The van der Waals surface area contributed by atoms with E-state index in [2.05, 4.69) is 15.3 Å². The zero-order valence-electron chi connectivity index (χ0n) is 48.1. The number of hydrogen-bond donors (Lipinski definition) is 0. The summed E-state index contributed by atoms with van der Waals surface area (Å²) in [5.41, 5.74) is 2.73. The molecule has 0 aliphatic heterocycles. The monoisotopic (exact) mass is 1250 g/mol. The summed E-state index contributed by atoms with van der Waals surface area (Å²) in [6, 6.07) is 58.4. The number of rotatable bonds is 13. The lowest BCUT2D eigenvalue weighted by Crippen LogP contribution is -2.07. The van der Waals surface area contributed by atoms with Crippen LogP contribution in [0.25, 0.3) is 130 Å². The molecule has 21 heteroatoms. The second-order valence-electron chi connectivity index (χ2n) is 21.4. The van der Waals surface area contributed by atoms with Crippen molar-refractivity contribution in [3.05, 3.63) is 278 Å². The molecule has 12 nitrogen and oxygen atoms in total. The Labute approximate surface area is 523 Å². The Morgan fingerprint density at radius 2 is 0.581 bits per heavy atom. The van der Waals surface area contributed by atoms with E-state index in [0.29, 0.717) is 45.4 Å². The Morgan fingerprint density at radius 1 is 0.247 bits per heavy atom. The third-order valence-corrected chi connectivity index (χ3v) is 15.4. The Bertz CT molecular complexity index is 4880. The van der Waals surface area contributed by atoms with Gasteiger partial charge in [-0.25, -0.2) is 43.9 Å². The highest BCUT2D eigenvalue weighted by atomic mass is 19.4. The minimum Gasteiger partial charge on any atom is -0.241 e. The fraction of sp³-hybridized carbons (Fsp3) is 0.0417. The summed E-state index contributed by atoms with van der Waals surface area (Å²) in [4.78, 5) is 29.1. The second-order valence-corrected chi connectivity index (χ2v) is 21.4. The molecule has 9 aromatic carbocycles. The molecule has 0 amide bonds. The summed E-state index contributed by atoms with van der Waals surface area (Å²) in [5.74, 6) is 0.981. The average molecular weight is 1250 g/mol. The van der Waals surface area contributed by atoms with Crippen LogP contribution in [0.5, 0.6) is 0 Å². The highest BCUT2D eigenvalue weighted by Gasteiger charge is 2.36. The fourth-order valence-electron chi connectivity index (χ4n) is 11.0. The van der Waals surface area contributed by atoms with Crippen LogP contribution in [0.1, 0.15) is 16.7 Å². The largest absolute Gasteiger partial charge is 0.417 e. The van der Waals surface area contributed by atoms with Crippen LogP contribution in [0.4, 0.5) is 39.5 Å². The van der Waals surface area contributed by atoms with Crippen LogP contribution in [0.2, 0.25) is 0 Å². The molecular formula is C72H43F9N12. The molecule has 0 N–H and O–H groups in total. The summed E-state index contributed by atoms with van der Waals surface area (Å²) in [6.45, 7) is 0. The fourth-order valence-corrected chi connectivity index (χ4v) is 11.0. The molecule has 454 valence electrons. The SMILES string of the molecule is FC(F)(F)c1ccccc1-c1cccc(-c2nc(-c3cccc(-c4ccccc4C(F)(F)F)c3)nc(-c3cccc(-c4ccc(-c5cnn(-c6cccc(-c7nc(-c8cccc(-n9cccn9)c8)nc(-c8cccc(-n9cccn9)c8)n7)c6)c5)cc4C(F)(F)F)c3)n2)c1. The lowest BCUT2D eigenvalue weighted by molar-refractivity contribution is -0.137. The normalized spacial score (nSPS) is 11.9. The molecule has 0 aliphatic rings. The maximum Gasteiger partial charge on any atom is 0.417 e. The summed E-state index contributed by atoms with van der Waals surface area (Å²) in [5, 5.41) is 13.4. The number of aromatic nitrogens is 12. The molecule has 0 spiro atoms. The molecule has 0 saturated heterocycles. The van der Waals surface area contributed by atoms with E-state index >= 15 is 13.2 Å². The average Bonchev–Trinajstić information content (AvgIpc) is 1.43. The summed E-state index contributed by atoms with van der Waals surface area (Å²) in [6.07, 6.45) is -4.16. The van der Waals surface area contributed by atoms with E-state index in [1.165, 1.54) is 103 Å². The van der Waals surface area contributed by atoms with Crippen molar-refractivity contribution < 1.29 is 39.5 Å². The van der Waals surface area contributed by atoms with Crippen LogP contribution < -0.4 is 0 Å². The molecule has 14 rings (SSSR count). The van der Waals surface area contributed by atoms with E-state index in [4.69, 9.17) is 29.9 Å². The summed E-state index contributed by atoms with van der Waals surface area (Å²) >= 11 is 0. The quantitative estimate of drug-likeness (QED) is 0.104. The topological polar surface area (TPSA) is 131 Å². The Kier molecular flexibility index (Phi) is 15.0. The van der Waals surface area contributed by atoms with Gasteiger partial charge in [-0.05, 0) is 124 Å². The van der Waals surface area contributed by atoms with Crippen molar-refractivity contribution in [1.29, 1.82) is 0 Å². The number of alkyl halides is 9. The van der Waals surface area contributed by atoms with Crippen LogP contribution >= 0.6 is 0 Å². The van der Waals surface area contributed by atoms with Crippen molar-refractivity contribution in [3.63, 3.8) is 0 Å². The van der Waals surface area contributed by atoms with Crippen LogP contribution in [0, 0.1) is 0 Å². The van der Waals surface area contributed by atoms with Gasteiger partial charge in [0.05, 0.1) is 39.9 Å².